The number of anilines is 1. The molecule has 3 saturated heterocycles. The molecular formula is C24H34N6O3. The molecular weight excluding hydrogens is 420 g/mol. The first kappa shape index (κ1) is 22.2. The van der Waals surface area contributed by atoms with E-state index < -0.39 is 11.9 Å². The molecule has 3 fully saturated rings. The molecule has 2 aromatic rings. The highest BCUT2D eigenvalue weighted by atomic mass is 16.2. The molecule has 0 spiro atoms. The molecule has 0 aliphatic carbocycles. The Labute approximate surface area is 193 Å². The number of imide groups is 1. The normalized spacial score (nSPS) is 23.3. The van der Waals surface area contributed by atoms with E-state index in [0.717, 1.165) is 74.7 Å². The van der Waals surface area contributed by atoms with E-state index in [1.54, 1.807) is 16.2 Å². The fourth-order valence-electron chi connectivity index (χ4n) is 5.67. The standard InChI is InChI=1S/C24H34N6O3/c1-27-22-18(29-13-8-17(9-14-29)7-12-28-15-10-25-11-16-28)3-2-4-19(22)30(24(27)33)20-5-6-21(31)26-23(20)32/h2-4,17,20,25H,5-16H2,1H3,(H,26,31,32). The molecule has 1 aromatic heterocycles. The average molecular weight is 455 g/mol. The summed E-state index contributed by atoms with van der Waals surface area (Å²) in [5.41, 5.74) is 2.47. The molecule has 1 atom stereocenters. The number of para-hydroxylation sites is 1. The number of nitrogens with one attached hydrogen (secondary N) is 2. The Hall–Kier alpha value is -2.65. The van der Waals surface area contributed by atoms with Crippen molar-refractivity contribution in [2.75, 3.05) is 50.7 Å². The number of piperazine rings is 1. The maximum absolute atomic E-state index is 13.2. The summed E-state index contributed by atoms with van der Waals surface area (Å²) in [4.78, 5) is 42.2. The van der Waals surface area contributed by atoms with Gasteiger partial charge in [-0.2, -0.15) is 0 Å². The Morgan fingerprint density at radius 2 is 1.76 bits per heavy atom. The molecule has 4 heterocycles. The van der Waals surface area contributed by atoms with Gasteiger partial charge in [-0.05, 0) is 50.3 Å². The zero-order valence-electron chi connectivity index (χ0n) is 19.4. The largest absolute Gasteiger partial charge is 0.370 e. The van der Waals surface area contributed by atoms with E-state index in [1.807, 2.05) is 12.1 Å². The molecule has 1 aromatic carbocycles. The predicted octanol–water partition coefficient (Wildman–Crippen LogP) is 0.829. The van der Waals surface area contributed by atoms with Gasteiger partial charge >= 0.3 is 5.69 Å². The molecule has 0 bridgehead atoms. The number of fused-ring (bicyclic) bond motifs is 1. The number of aromatic nitrogens is 2. The van der Waals surface area contributed by atoms with Gasteiger partial charge in [0.15, 0.2) is 0 Å². The number of amides is 2. The Morgan fingerprint density at radius 1 is 1.00 bits per heavy atom. The molecule has 33 heavy (non-hydrogen) atoms. The Bertz CT molecular complexity index is 1090. The van der Waals surface area contributed by atoms with Gasteiger partial charge in [0, 0.05) is 52.7 Å². The third kappa shape index (κ3) is 4.31. The maximum atomic E-state index is 13.2. The molecule has 3 aliphatic heterocycles. The third-order valence-corrected chi connectivity index (χ3v) is 7.62. The number of aryl methyl sites for hydroxylation is 1. The van der Waals surface area contributed by atoms with E-state index in [4.69, 9.17) is 0 Å². The zero-order valence-corrected chi connectivity index (χ0v) is 19.4. The lowest BCUT2D eigenvalue weighted by Gasteiger charge is -2.35. The number of carbonyl (C=O) groups is 2. The van der Waals surface area contributed by atoms with Crippen molar-refractivity contribution >= 4 is 28.5 Å². The smallest absolute Gasteiger partial charge is 0.329 e. The van der Waals surface area contributed by atoms with Gasteiger partial charge in [0.2, 0.25) is 11.8 Å². The van der Waals surface area contributed by atoms with Crippen LogP contribution in [0.5, 0.6) is 0 Å². The first-order chi connectivity index (χ1) is 16.0. The van der Waals surface area contributed by atoms with Gasteiger partial charge in [0.1, 0.15) is 6.04 Å². The van der Waals surface area contributed by atoms with Crippen LogP contribution in [0.4, 0.5) is 5.69 Å². The number of nitrogens with zero attached hydrogens (tertiary/aromatic N) is 4. The molecule has 5 rings (SSSR count). The van der Waals surface area contributed by atoms with Crippen LogP contribution in [0.2, 0.25) is 0 Å². The molecule has 0 radical (unpaired) electrons. The average Bonchev–Trinajstić information content (AvgIpc) is 3.09. The minimum absolute atomic E-state index is 0.210. The van der Waals surface area contributed by atoms with E-state index in [2.05, 4.69) is 26.5 Å². The number of benzene rings is 1. The minimum Gasteiger partial charge on any atom is -0.370 e. The van der Waals surface area contributed by atoms with Crippen LogP contribution < -0.4 is 21.2 Å². The van der Waals surface area contributed by atoms with Crippen molar-refractivity contribution in [1.29, 1.82) is 0 Å². The van der Waals surface area contributed by atoms with Gasteiger partial charge in [0.05, 0.1) is 16.7 Å². The molecule has 2 amide bonds. The maximum Gasteiger partial charge on any atom is 0.329 e. The molecule has 3 aliphatic rings. The van der Waals surface area contributed by atoms with E-state index >= 15 is 0 Å². The molecule has 9 nitrogen and oxygen atoms in total. The number of piperidine rings is 2. The van der Waals surface area contributed by atoms with Gasteiger partial charge in [-0.3, -0.25) is 24.0 Å². The van der Waals surface area contributed by atoms with Gasteiger partial charge in [-0.1, -0.05) is 6.07 Å². The van der Waals surface area contributed by atoms with Crippen molar-refractivity contribution in [1.82, 2.24) is 24.7 Å². The summed E-state index contributed by atoms with van der Waals surface area (Å²) in [6.45, 7) is 7.63. The van der Waals surface area contributed by atoms with Crippen molar-refractivity contribution in [2.24, 2.45) is 13.0 Å². The summed E-state index contributed by atoms with van der Waals surface area (Å²) < 4.78 is 3.23. The van der Waals surface area contributed by atoms with Crippen LogP contribution >= 0.6 is 0 Å². The van der Waals surface area contributed by atoms with Crippen molar-refractivity contribution in [3.63, 3.8) is 0 Å². The minimum atomic E-state index is -0.648. The Kier molecular flexibility index (Phi) is 6.25. The first-order valence-electron chi connectivity index (χ1n) is 12.2. The second-order valence-electron chi connectivity index (χ2n) is 9.63. The fraction of sp³-hybridized carbons (Fsp3) is 0.625. The van der Waals surface area contributed by atoms with E-state index in [0.29, 0.717) is 6.42 Å². The van der Waals surface area contributed by atoms with Crippen molar-refractivity contribution in [2.45, 2.75) is 38.1 Å². The van der Waals surface area contributed by atoms with E-state index in [1.165, 1.54) is 13.0 Å². The van der Waals surface area contributed by atoms with Crippen LogP contribution in [0.1, 0.15) is 38.1 Å². The summed E-state index contributed by atoms with van der Waals surface area (Å²) in [7, 11) is 1.77. The summed E-state index contributed by atoms with van der Waals surface area (Å²) in [5, 5.41) is 5.80. The lowest BCUT2D eigenvalue weighted by Crippen LogP contribution is -2.44. The summed E-state index contributed by atoms with van der Waals surface area (Å²) in [5.74, 6) is 0.0776. The molecule has 0 saturated carbocycles. The van der Waals surface area contributed by atoms with Crippen LogP contribution in [-0.4, -0.2) is 71.7 Å². The second-order valence-corrected chi connectivity index (χ2v) is 9.63. The Balaban J connectivity index is 1.33. The third-order valence-electron chi connectivity index (χ3n) is 7.62. The molecule has 178 valence electrons. The summed E-state index contributed by atoms with van der Waals surface area (Å²) >= 11 is 0. The molecule has 1 unspecified atom stereocenters. The fourth-order valence-corrected chi connectivity index (χ4v) is 5.67. The van der Waals surface area contributed by atoms with Crippen molar-refractivity contribution in [3.05, 3.63) is 28.7 Å². The lowest BCUT2D eigenvalue weighted by molar-refractivity contribution is -0.135. The molecule has 9 heteroatoms. The van der Waals surface area contributed by atoms with Crippen LogP contribution in [0, 0.1) is 5.92 Å². The van der Waals surface area contributed by atoms with Gasteiger partial charge in [0.25, 0.3) is 0 Å². The SMILES string of the molecule is Cn1c(=O)n(C2CCC(=O)NC2=O)c2cccc(N3CCC(CCN4CCNCC4)CC3)c21. The number of hydrogen-bond acceptors (Lipinski definition) is 6. The highest BCUT2D eigenvalue weighted by molar-refractivity contribution is 6.00. The zero-order chi connectivity index (χ0) is 22.9. The molecule has 2 N–H and O–H groups in total. The summed E-state index contributed by atoms with van der Waals surface area (Å²) in [6.07, 6.45) is 4.17. The number of imidazole rings is 1. The second kappa shape index (κ2) is 9.30. The quantitative estimate of drug-likeness (QED) is 0.651. The van der Waals surface area contributed by atoms with Gasteiger partial charge in [-0.15, -0.1) is 0 Å². The van der Waals surface area contributed by atoms with Crippen LogP contribution in [-0.2, 0) is 16.6 Å². The first-order valence-corrected chi connectivity index (χ1v) is 12.2. The van der Waals surface area contributed by atoms with Gasteiger partial charge < -0.3 is 15.1 Å². The number of carbonyl (C=O) groups excluding carboxylic acids is 2. The van der Waals surface area contributed by atoms with E-state index in [-0.39, 0.29) is 18.0 Å². The van der Waals surface area contributed by atoms with Crippen molar-refractivity contribution in [3.8, 4) is 0 Å². The predicted molar refractivity (Wildman–Crippen MR) is 127 cm³/mol. The highest BCUT2D eigenvalue weighted by Crippen LogP contribution is 2.32. The number of hydrogen-bond donors (Lipinski definition) is 2. The van der Waals surface area contributed by atoms with Crippen LogP contribution in [0.3, 0.4) is 0 Å². The van der Waals surface area contributed by atoms with E-state index in [9.17, 15) is 14.4 Å². The Morgan fingerprint density at radius 3 is 2.48 bits per heavy atom. The van der Waals surface area contributed by atoms with Crippen LogP contribution in [0.15, 0.2) is 23.0 Å². The highest BCUT2D eigenvalue weighted by Gasteiger charge is 2.32. The topological polar surface area (TPSA) is 91.6 Å². The van der Waals surface area contributed by atoms with Crippen LogP contribution in [0.25, 0.3) is 11.0 Å². The lowest BCUT2D eigenvalue weighted by atomic mass is 9.93. The monoisotopic (exact) mass is 454 g/mol. The van der Waals surface area contributed by atoms with Crippen molar-refractivity contribution < 1.29 is 9.59 Å². The summed E-state index contributed by atoms with van der Waals surface area (Å²) in [6, 6.07) is 5.31. The number of rotatable bonds is 5. The van der Waals surface area contributed by atoms with Gasteiger partial charge in [-0.25, -0.2) is 4.79 Å².